The van der Waals surface area contributed by atoms with Crippen molar-refractivity contribution in [2.75, 3.05) is 26.3 Å². The molecule has 2 heterocycles. The molecule has 7 nitrogen and oxygen atoms in total. The molecule has 156 valence electrons. The lowest BCUT2D eigenvalue weighted by Gasteiger charge is -2.26. The quantitative estimate of drug-likeness (QED) is 0.679. The third kappa shape index (κ3) is 4.35. The third-order valence-electron chi connectivity index (χ3n) is 5.07. The summed E-state index contributed by atoms with van der Waals surface area (Å²) in [5.41, 5.74) is 3.16. The molecule has 8 heteroatoms. The summed E-state index contributed by atoms with van der Waals surface area (Å²) >= 11 is 0. The number of carbonyl (C=O) groups excluding carboxylic acids is 1. The Morgan fingerprint density at radius 3 is 2.53 bits per heavy atom. The first kappa shape index (κ1) is 20.5. The van der Waals surface area contributed by atoms with Crippen LogP contribution in [0.15, 0.2) is 59.5 Å². The molecule has 1 fully saturated rings. The Hall–Kier alpha value is -2.81. The summed E-state index contributed by atoms with van der Waals surface area (Å²) in [4.78, 5) is 17.2. The molecule has 0 bridgehead atoms. The molecule has 0 saturated carbocycles. The van der Waals surface area contributed by atoms with Gasteiger partial charge in [0.15, 0.2) is 0 Å². The van der Waals surface area contributed by atoms with Crippen LogP contribution in [-0.4, -0.2) is 49.9 Å². The zero-order chi connectivity index (χ0) is 21.1. The highest BCUT2D eigenvalue weighted by atomic mass is 32.2. The van der Waals surface area contributed by atoms with Gasteiger partial charge < -0.3 is 10.1 Å². The van der Waals surface area contributed by atoms with Crippen molar-refractivity contribution in [3.63, 3.8) is 0 Å². The number of hydrogen-bond acceptors (Lipinski definition) is 5. The number of fused-ring (bicyclic) bond motifs is 1. The van der Waals surface area contributed by atoms with Crippen LogP contribution < -0.4 is 5.32 Å². The van der Waals surface area contributed by atoms with Crippen LogP contribution in [0.1, 0.15) is 21.6 Å². The zero-order valence-corrected chi connectivity index (χ0v) is 17.5. The van der Waals surface area contributed by atoms with Gasteiger partial charge in [0.2, 0.25) is 10.0 Å². The van der Waals surface area contributed by atoms with Crippen molar-refractivity contribution >= 4 is 26.8 Å². The highest BCUT2D eigenvalue weighted by Crippen LogP contribution is 2.18. The van der Waals surface area contributed by atoms with E-state index in [9.17, 15) is 13.2 Å². The van der Waals surface area contributed by atoms with Gasteiger partial charge in [0, 0.05) is 36.3 Å². The molecule has 30 heavy (non-hydrogen) atoms. The summed E-state index contributed by atoms with van der Waals surface area (Å²) in [5, 5.41) is 3.79. The predicted octanol–water partition coefficient (Wildman–Crippen LogP) is 2.49. The van der Waals surface area contributed by atoms with E-state index in [4.69, 9.17) is 4.74 Å². The molecule has 1 aromatic heterocycles. The molecule has 1 N–H and O–H groups in total. The van der Waals surface area contributed by atoms with Gasteiger partial charge in [0.25, 0.3) is 5.91 Å². The molecule has 0 radical (unpaired) electrons. The second kappa shape index (κ2) is 8.51. The molecule has 3 aromatic rings. The highest BCUT2D eigenvalue weighted by molar-refractivity contribution is 7.89. The van der Waals surface area contributed by atoms with Crippen molar-refractivity contribution in [3.05, 3.63) is 71.4 Å². The molecule has 0 spiro atoms. The first-order valence-corrected chi connectivity index (χ1v) is 11.2. The van der Waals surface area contributed by atoms with Crippen molar-refractivity contribution in [1.29, 1.82) is 0 Å². The standard InChI is InChI=1S/C22H23N3O4S/c1-16-2-5-18-14-19(6-9-21(18)24-16)22(26)23-15-17-3-7-20(8-4-17)30(27,28)25-10-12-29-13-11-25/h2-9,14H,10-13,15H2,1H3,(H,23,26). The van der Waals surface area contributed by atoms with Gasteiger partial charge in [-0.1, -0.05) is 18.2 Å². The van der Waals surface area contributed by atoms with Crippen molar-refractivity contribution in [2.24, 2.45) is 0 Å². The molecule has 1 aliphatic rings. The topological polar surface area (TPSA) is 88.6 Å². The lowest BCUT2D eigenvalue weighted by Crippen LogP contribution is -2.40. The summed E-state index contributed by atoms with van der Waals surface area (Å²) in [5.74, 6) is -0.192. The van der Waals surface area contributed by atoms with Crippen molar-refractivity contribution in [3.8, 4) is 0 Å². The van der Waals surface area contributed by atoms with Crippen LogP contribution in [0.4, 0.5) is 0 Å². The van der Waals surface area contributed by atoms with E-state index in [1.165, 1.54) is 4.31 Å². The number of hydrogen-bond donors (Lipinski definition) is 1. The summed E-state index contributed by atoms with van der Waals surface area (Å²) < 4.78 is 32.0. The number of aryl methyl sites for hydroxylation is 1. The molecule has 2 aromatic carbocycles. The van der Waals surface area contributed by atoms with E-state index in [1.807, 2.05) is 31.2 Å². The molecule has 1 saturated heterocycles. The van der Waals surface area contributed by atoms with E-state index in [2.05, 4.69) is 10.3 Å². The van der Waals surface area contributed by atoms with Crippen LogP contribution in [0, 0.1) is 6.92 Å². The third-order valence-corrected chi connectivity index (χ3v) is 6.99. The van der Waals surface area contributed by atoms with Crippen LogP contribution >= 0.6 is 0 Å². The number of rotatable bonds is 5. The molecule has 1 aliphatic heterocycles. The highest BCUT2D eigenvalue weighted by Gasteiger charge is 2.26. The van der Waals surface area contributed by atoms with Gasteiger partial charge in [0.05, 0.1) is 23.6 Å². The molecule has 0 unspecified atom stereocenters. The maximum absolute atomic E-state index is 12.7. The molecule has 0 atom stereocenters. The Balaban J connectivity index is 1.41. The number of morpholine rings is 1. The molecular weight excluding hydrogens is 402 g/mol. The zero-order valence-electron chi connectivity index (χ0n) is 16.7. The smallest absolute Gasteiger partial charge is 0.251 e. The Bertz CT molecular complexity index is 1170. The second-order valence-electron chi connectivity index (χ2n) is 7.20. The predicted molar refractivity (Wildman–Crippen MR) is 114 cm³/mol. The first-order chi connectivity index (χ1) is 14.4. The van der Waals surface area contributed by atoms with Crippen LogP contribution in [-0.2, 0) is 21.3 Å². The van der Waals surface area contributed by atoms with Gasteiger partial charge in [-0.25, -0.2) is 8.42 Å². The largest absolute Gasteiger partial charge is 0.379 e. The monoisotopic (exact) mass is 425 g/mol. The van der Waals surface area contributed by atoms with E-state index >= 15 is 0 Å². The number of nitrogens with zero attached hydrogens (tertiary/aromatic N) is 2. The molecular formula is C22H23N3O4S. The van der Waals surface area contributed by atoms with Gasteiger partial charge >= 0.3 is 0 Å². The Morgan fingerprint density at radius 2 is 1.80 bits per heavy atom. The van der Waals surface area contributed by atoms with E-state index in [1.54, 1.807) is 30.3 Å². The summed E-state index contributed by atoms with van der Waals surface area (Å²) in [6.07, 6.45) is 0. The maximum atomic E-state index is 12.7. The number of nitrogens with one attached hydrogen (secondary N) is 1. The Labute approximate surface area is 175 Å². The minimum Gasteiger partial charge on any atom is -0.379 e. The van der Waals surface area contributed by atoms with E-state index < -0.39 is 10.0 Å². The van der Waals surface area contributed by atoms with E-state index in [0.29, 0.717) is 38.4 Å². The Kier molecular flexibility index (Phi) is 5.80. The number of ether oxygens (including phenoxy) is 1. The lowest BCUT2D eigenvalue weighted by molar-refractivity contribution is 0.0730. The number of sulfonamides is 1. The summed E-state index contributed by atoms with van der Waals surface area (Å²) in [6, 6.07) is 15.9. The first-order valence-electron chi connectivity index (χ1n) is 9.76. The van der Waals surface area contributed by atoms with Crippen LogP contribution in [0.2, 0.25) is 0 Å². The van der Waals surface area contributed by atoms with E-state index in [0.717, 1.165) is 22.2 Å². The normalized spacial score (nSPS) is 15.2. The summed E-state index contributed by atoms with van der Waals surface area (Å²) in [7, 11) is -3.52. The van der Waals surface area contributed by atoms with Crippen molar-refractivity contribution in [1.82, 2.24) is 14.6 Å². The van der Waals surface area contributed by atoms with E-state index in [-0.39, 0.29) is 10.8 Å². The number of amides is 1. The molecule has 4 rings (SSSR count). The van der Waals surface area contributed by atoms with Crippen LogP contribution in [0.25, 0.3) is 10.9 Å². The number of aromatic nitrogens is 1. The SMILES string of the molecule is Cc1ccc2cc(C(=O)NCc3ccc(S(=O)(=O)N4CCOCC4)cc3)ccc2n1. The minimum absolute atomic E-state index is 0.192. The number of carbonyl (C=O) groups is 1. The van der Waals surface area contributed by atoms with Gasteiger partial charge in [0.1, 0.15) is 0 Å². The minimum atomic E-state index is -3.52. The number of benzene rings is 2. The fourth-order valence-corrected chi connectivity index (χ4v) is 4.78. The van der Waals surface area contributed by atoms with Gasteiger partial charge in [-0.05, 0) is 48.9 Å². The second-order valence-corrected chi connectivity index (χ2v) is 9.14. The average molecular weight is 426 g/mol. The van der Waals surface area contributed by atoms with Crippen LogP contribution in [0.5, 0.6) is 0 Å². The maximum Gasteiger partial charge on any atom is 0.251 e. The fraction of sp³-hybridized carbons (Fsp3) is 0.273. The van der Waals surface area contributed by atoms with Gasteiger partial charge in [-0.3, -0.25) is 9.78 Å². The molecule has 0 aliphatic carbocycles. The van der Waals surface area contributed by atoms with Gasteiger partial charge in [-0.15, -0.1) is 0 Å². The van der Waals surface area contributed by atoms with Crippen molar-refractivity contribution < 1.29 is 17.9 Å². The lowest BCUT2D eigenvalue weighted by atomic mass is 10.1. The average Bonchev–Trinajstić information content (AvgIpc) is 2.78. The fourth-order valence-electron chi connectivity index (χ4n) is 3.37. The molecule has 1 amide bonds. The Morgan fingerprint density at radius 1 is 1.07 bits per heavy atom. The van der Waals surface area contributed by atoms with Gasteiger partial charge in [-0.2, -0.15) is 4.31 Å². The van der Waals surface area contributed by atoms with Crippen molar-refractivity contribution in [2.45, 2.75) is 18.4 Å². The summed E-state index contributed by atoms with van der Waals surface area (Å²) in [6.45, 7) is 3.78. The van der Waals surface area contributed by atoms with Crippen LogP contribution in [0.3, 0.4) is 0 Å². The number of pyridine rings is 1.